The summed E-state index contributed by atoms with van der Waals surface area (Å²) in [5.74, 6) is 0.0337. The fourth-order valence-electron chi connectivity index (χ4n) is 5.23. The zero-order chi connectivity index (χ0) is 31.0. The number of imidazole rings is 2. The molecule has 7 heterocycles. The third-order valence-corrected chi connectivity index (χ3v) is 9.21. The molecule has 6 N–H and O–H groups in total. The molecule has 3 aliphatic heterocycles. The van der Waals surface area contributed by atoms with Crippen LogP contribution in [0.3, 0.4) is 0 Å². The Bertz CT molecular complexity index is 1900. The lowest BCUT2D eigenvalue weighted by molar-refractivity contribution is -0.235. The highest BCUT2D eigenvalue weighted by Gasteiger charge is 2.52. The van der Waals surface area contributed by atoms with Gasteiger partial charge in [0.1, 0.15) is 54.2 Å². The average Bonchev–Trinajstić information content (AvgIpc) is 3.73. The molecule has 1 unspecified atom stereocenters. The van der Waals surface area contributed by atoms with Gasteiger partial charge in [-0.05, 0) is 0 Å². The van der Waals surface area contributed by atoms with E-state index in [-0.39, 0.29) is 34.0 Å². The molecule has 3 fully saturated rings. The summed E-state index contributed by atoms with van der Waals surface area (Å²) in [6.07, 6.45) is -8.83. The molecule has 21 nitrogen and oxygen atoms in total. The van der Waals surface area contributed by atoms with Crippen molar-refractivity contribution in [3.05, 3.63) is 25.3 Å². The van der Waals surface area contributed by atoms with E-state index in [4.69, 9.17) is 34.2 Å². The molecule has 0 amide bonds. The van der Waals surface area contributed by atoms with Gasteiger partial charge >= 0.3 is 10.3 Å². The summed E-state index contributed by atoms with van der Waals surface area (Å²) in [6, 6.07) is 0. The number of halogens is 1. The van der Waals surface area contributed by atoms with Crippen LogP contribution in [0, 0.1) is 0 Å². The zero-order valence-electron chi connectivity index (χ0n) is 21.9. The van der Waals surface area contributed by atoms with E-state index < -0.39 is 80.4 Å². The Balaban J connectivity index is 1.17. The number of nitrogens with two attached hydrogens (primary N) is 2. The first-order valence-corrected chi connectivity index (χ1v) is 15.6. The second-order valence-corrected chi connectivity index (χ2v) is 12.7. The maximum absolute atomic E-state index is 15.8. The van der Waals surface area contributed by atoms with E-state index in [1.54, 1.807) is 0 Å². The number of aliphatic hydroxyl groups excluding tert-OH is 1. The molecule has 4 aromatic heterocycles. The number of hydrogen-bond acceptors (Lipinski definition) is 18. The molecular weight excluding hydrogens is 636 g/mol. The van der Waals surface area contributed by atoms with Crippen molar-refractivity contribution in [2.75, 3.05) is 24.6 Å². The third-order valence-electron chi connectivity index (χ3n) is 7.25. The number of rotatable bonds is 2. The zero-order valence-corrected chi connectivity index (χ0v) is 23.6. The van der Waals surface area contributed by atoms with Gasteiger partial charge in [0.2, 0.25) is 0 Å². The van der Waals surface area contributed by atoms with Crippen molar-refractivity contribution >= 4 is 52.1 Å². The molecule has 236 valence electrons. The lowest BCUT2D eigenvalue weighted by atomic mass is 10.1. The monoisotopic (exact) mass is 658 g/mol. The topological polar surface area (TPSA) is 292 Å². The van der Waals surface area contributed by atoms with Crippen LogP contribution < -0.4 is 21.1 Å². The molecule has 0 radical (unpaired) electrons. The van der Waals surface area contributed by atoms with Crippen molar-refractivity contribution < 1.29 is 50.1 Å². The van der Waals surface area contributed by atoms with Gasteiger partial charge in [-0.2, -0.15) is 13.1 Å². The number of ether oxygens (including phenoxy) is 2. The SMILES string of the molecule is Nc1ncnc2c1ncn2[C@@H]1O[C@@H]2COP(=O)([O-])O[C@H]3[C@@H](F)[C@H](n4cnc5c(N)ncnc54)O[C@@H]3CNS(=O)(=O)O[C@H]2[C@H]1O. The molecule has 7 rings (SSSR count). The summed E-state index contributed by atoms with van der Waals surface area (Å²) in [7, 11) is -10.0. The predicted octanol–water partition coefficient (Wildman–Crippen LogP) is -2.57. The van der Waals surface area contributed by atoms with Crippen LogP contribution in [0.4, 0.5) is 16.0 Å². The van der Waals surface area contributed by atoms with Gasteiger partial charge in [0.05, 0.1) is 19.3 Å². The highest BCUT2D eigenvalue weighted by molar-refractivity contribution is 7.84. The van der Waals surface area contributed by atoms with Crippen LogP contribution in [0.5, 0.6) is 0 Å². The predicted molar refractivity (Wildman–Crippen MR) is 138 cm³/mol. The maximum Gasteiger partial charge on any atom is 0.336 e. The van der Waals surface area contributed by atoms with Crippen LogP contribution in [0.2, 0.25) is 0 Å². The summed E-state index contributed by atoms with van der Waals surface area (Å²) in [4.78, 5) is 36.7. The Labute approximate surface area is 245 Å². The number of phosphoric acid groups is 1. The number of phosphoric ester groups is 1. The molecule has 9 atom stereocenters. The van der Waals surface area contributed by atoms with Gasteiger partial charge in [0, 0.05) is 6.54 Å². The molecular formula is C20H22FN11O10PS-. The molecule has 0 aliphatic carbocycles. The molecule has 0 spiro atoms. The van der Waals surface area contributed by atoms with Crippen LogP contribution in [-0.4, -0.2) is 102 Å². The number of nitrogen functional groups attached to an aromatic ring is 2. The number of hydrogen-bond donors (Lipinski definition) is 4. The normalized spacial score (nSPS) is 36.1. The van der Waals surface area contributed by atoms with Gasteiger partial charge in [-0.1, -0.05) is 0 Å². The highest BCUT2D eigenvalue weighted by Crippen LogP contribution is 2.47. The standard InChI is InChI=1S/C20H23FN11O10PS/c21-9-13-7(39-19(9)31-5-28-10-15(22)24-3-26-17(10)31)1-30-44(36,37)42-14-8(2-38-43(34,35)41-13)40-20(12(14)33)32-6-29-11-16(23)25-4-27-18(11)32/h3-9,12-14,19-20,30,33H,1-2H2,(H,34,35)(H2,22,24,26)(H2,23,25,27)/p-1/t7-,8-,9-,12-,13-,14-,19-,20-/m1/s1. The van der Waals surface area contributed by atoms with Gasteiger partial charge in [0.25, 0.3) is 7.82 Å². The van der Waals surface area contributed by atoms with Crippen LogP contribution in [0.15, 0.2) is 25.3 Å². The van der Waals surface area contributed by atoms with Crippen LogP contribution in [-0.2, 0) is 37.6 Å². The number of aromatic nitrogens is 8. The molecule has 3 saturated heterocycles. The molecule has 4 aromatic rings. The number of nitrogens with one attached hydrogen (secondary N) is 1. The van der Waals surface area contributed by atoms with Crippen molar-refractivity contribution in [1.29, 1.82) is 0 Å². The fourth-order valence-corrected chi connectivity index (χ4v) is 7.14. The van der Waals surface area contributed by atoms with E-state index in [0.29, 0.717) is 0 Å². The molecule has 0 aromatic carbocycles. The summed E-state index contributed by atoms with van der Waals surface area (Å²) >= 11 is 0. The lowest BCUT2D eigenvalue weighted by Gasteiger charge is -2.31. The van der Waals surface area contributed by atoms with E-state index in [2.05, 4.69) is 34.6 Å². The number of anilines is 2. The minimum atomic E-state index is -5.32. The molecule has 0 saturated carbocycles. The lowest BCUT2D eigenvalue weighted by Crippen LogP contribution is -2.46. The van der Waals surface area contributed by atoms with E-state index >= 15 is 4.39 Å². The Kier molecular flexibility index (Phi) is 7.00. The van der Waals surface area contributed by atoms with Crippen LogP contribution >= 0.6 is 7.82 Å². The molecule has 24 heteroatoms. The number of nitrogens with zero attached hydrogens (tertiary/aromatic N) is 8. The number of alkyl halides is 1. The van der Waals surface area contributed by atoms with Gasteiger partial charge in [-0.15, -0.1) is 0 Å². The third kappa shape index (κ3) is 4.95. The summed E-state index contributed by atoms with van der Waals surface area (Å²) < 4.78 is 85.9. The Morgan fingerprint density at radius 2 is 1.55 bits per heavy atom. The first kappa shape index (κ1) is 29.2. The van der Waals surface area contributed by atoms with Crippen molar-refractivity contribution in [1.82, 2.24) is 43.8 Å². The van der Waals surface area contributed by atoms with E-state index in [9.17, 15) is 23.0 Å². The fraction of sp³-hybridized carbons (Fsp3) is 0.500. The van der Waals surface area contributed by atoms with Crippen molar-refractivity contribution in [3.8, 4) is 0 Å². The molecule has 44 heavy (non-hydrogen) atoms. The Hall–Kier alpha value is -3.51. The van der Waals surface area contributed by atoms with Gasteiger partial charge in [-0.3, -0.25) is 13.7 Å². The maximum atomic E-state index is 15.8. The van der Waals surface area contributed by atoms with E-state index in [0.717, 1.165) is 23.5 Å². The first-order chi connectivity index (χ1) is 20.9. The first-order valence-electron chi connectivity index (χ1n) is 12.7. The van der Waals surface area contributed by atoms with Gasteiger partial charge in [0.15, 0.2) is 41.6 Å². The second kappa shape index (κ2) is 10.5. The molecule has 0 bridgehead atoms. The number of fused-ring (bicyclic) bond motifs is 4. The summed E-state index contributed by atoms with van der Waals surface area (Å²) in [5.41, 5.74) is 12.1. The highest BCUT2D eigenvalue weighted by atomic mass is 32.2. The quantitative estimate of drug-likeness (QED) is 0.161. The van der Waals surface area contributed by atoms with E-state index in [1.165, 1.54) is 10.9 Å². The molecule has 3 aliphatic rings. The summed E-state index contributed by atoms with van der Waals surface area (Å²) in [6.45, 7) is -1.60. The second-order valence-electron chi connectivity index (χ2n) is 9.91. The Morgan fingerprint density at radius 1 is 0.955 bits per heavy atom. The largest absolute Gasteiger partial charge is 0.756 e. The van der Waals surface area contributed by atoms with Crippen molar-refractivity contribution in [2.45, 2.75) is 49.1 Å². The van der Waals surface area contributed by atoms with Gasteiger partial charge < -0.3 is 40.0 Å². The van der Waals surface area contributed by atoms with Gasteiger partial charge in [-0.25, -0.2) is 38.5 Å². The minimum Gasteiger partial charge on any atom is -0.756 e. The van der Waals surface area contributed by atoms with Crippen molar-refractivity contribution in [2.24, 2.45) is 0 Å². The van der Waals surface area contributed by atoms with E-state index in [1.807, 2.05) is 0 Å². The minimum absolute atomic E-state index is 0.00286. The average molecular weight is 659 g/mol. The number of aliphatic hydroxyl groups is 1. The van der Waals surface area contributed by atoms with Crippen LogP contribution in [0.25, 0.3) is 22.3 Å². The summed E-state index contributed by atoms with van der Waals surface area (Å²) in [5, 5.41) is 11.1. The van der Waals surface area contributed by atoms with Crippen molar-refractivity contribution in [3.63, 3.8) is 0 Å². The Morgan fingerprint density at radius 3 is 2.18 bits per heavy atom. The van der Waals surface area contributed by atoms with Crippen LogP contribution in [0.1, 0.15) is 12.5 Å². The smallest absolute Gasteiger partial charge is 0.336 e.